The summed E-state index contributed by atoms with van der Waals surface area (Å²) in [5, 5.41) is 7.50. The second-order valence-corrected chi connectivity index (χ2v) is 14.6. The zero-order chi connectivity index (χ0) is 37.6. The fourth-order valence-electron chi connectivity index (χ4n) is 8.46. The largest absolute Gasteiger partial charge is 0.309 e. The Bertz CT molecular complexity index is 3170. The van der Waals surface area contributed by atoms with Crippen molar-refractivity contribution in [2.45, 2.75) is 13.3 Å². The van der Waals surface area contributed by atoms with Gasteiger partial charge in [-0.1, -0.05) is 140 Å². The fourth-order valence-corrected chi connectivity index (χ4v) is 8.46. The number of rotatable bonds is 8. The molecule has 0 radical (unpaired) electrons. The molecule has 8 aromatic carbocycles. The lowest BCUT2D eigenvalue weighted by Crippen LogP contribution is -1.94. The Balaban J connectivity index is 1.04. The maximum Gasteiger partial charge on any atom is 0.0541 e. The number of benzene rings is 8. The number of nitrogens with zero attached hydrogens (tertiary/aromatic N) is 2. The van der Waals surface area contributed by atoms with E-state index in [1.807, 2.05) is 6.08 Å². The highest BCUT2D eigenvalue weighted by molar-refractivity contribution is 6.13. The number of allylic oxidation sites excluding steroid dienone is 5. The van der Waals surface area contributed by atoms with E-state index in [0.29, 0.717) is 0 Å². The molecular weight excluding hydrogens is 677 g/mol. The molecular formula is C54H40N2. The molecule has 0 spiro atoms. The molecule has 2 heteroatoms. The molecule has 0 fully saturated rings. The summed E-state index contributed by atoms with van der Waals surface area (Å²) in [5.74, 6) is 0. The van der Waals surface area contributed by atoms with Crippen LogP contribution in [0.15, 0.2) is 207 Å². The third kappa shape index (κ3) is 5.75. The van der Waals surface area contributed by atoms with Crippen molar-refractivity contribution in [2.24, 2.45) is 0 Å². The molecule has 2 nitrogen and oxygen atoms in total. The predicted octanol–water partition coefficient (Wildman–Crippen LogP) is 14.8. The lowest BCUT2D eigenvalue weighted by molar-refractivity contribution is 1.18. The minimum atomic E-state index is 0.797. The molecule has 0 atom stereocenters. The van der Waals surface area contributed by atoms with E-state index in [2.05, 4.69) is 217 Å². The Morgan fingerprint density at radius 2 is 0.982 bits per heavy atom. The summed E-state index contributed by atoms with van der Waals surface area (Å²) >= 11 is 0. The van der Waals surface area contributed by atoms with Crippen LogP contribution >= 0.6 is 0 Å². The highest BCUT2D eigenvalue weighted by Crippen LogP contribution is 2.39. The minimum absolute atomic E-state index is 0.797. The summed E-state index contributed by atoms with van der Waals surface area (Å²) in [6.45, 7) is 6.22. The monoisotopic (exact) mass is 716 g/mol. The summed E-state index contributed by atoms with van der Waals surface area (Å²) in [6, 6.07) is 66.3. The summed E-state index contributed by atoms with van der Waals surface area (Å²) in [6.07, 6.45) is 7.23. The van der Waals surface area contributed by atoms with Crippen LogP contribution in [0.5, 0.6) is 0 Å². The van der Waals surface area contributed by atoms with Gasteiger partial charge >= 0.3 is 0 Å². The van der Waals surface area contributed by atoms with Crippen molar-refractivity contribution >= 4 is 65.5 Å². The molecule has 2 heterocycles. The van der Waals surface area contributed by atoms with Gasteiger partial charge in [0.25, 0.3) is 0 Å². The molecule has 0 aliphatic rings. The molecule has 0 unspecified atom stereocenters. The minimum Gasteiger partial charge on any atom is -0.309 e. The highest BCUT2D eigenvalue weighted by atomic mass is 15.0. The molecule has 56 heavy (non-hydrogen) atoms. The smallest absolute Gasteiger partial charge is 0.0541 e. The van der Waals surface area contributed by atoms with Crippen LogP contribution in [0.4, 0.5) is 0 Å². The van der Waals surface area contributed by atoms with Crippen LogP contribution in [0.2, 0.25) is 0 Å². The number of fused-ring (bicyclic) bond motifs is 7. The van der Waals surface area contributed by atoms with Gasteiger partial charge in [0.1, 0.15) is 0 Å². The van der Waals surface area contributed by atoms with Crippen LogP contribution in [0.3, 0.4) is 0 Å². The summed E-state index contributed by atoms with van der Waals surface area (Å²) in [4.78, 5) is 0. The van der Waals surface area contributed by atoms with E-state index in [-0.39, 0.29) is 0 Å². The van der Waals surface area contributed by atoms with Crippen LogP contribution in [0, 0.1) is 0 Å². The van der Waals surface area contributed by atoms with E-state index in [1.54, 1.807) is 0 Å². The van der Waals surface area contributed by atoms with Crippen molar-refractivity contribution in [3.63, 3.8) is 0 Å². The third-order valence-corrected chi connectivity index (χ3v) is 11.3. The maximum atomic E-state index is 4.05. The van der Waals surface area contributed by atoms with Gasteiger partial charge in [-0.15, -0.1) is 6.58 Å². The van der Waals surface area contributed by atoms with Crippen LogP contribution in [0.25, 0.3) is 88.0 Å². The molecule has 266 valence electrons. The third-order valence-electron chi connectivity index (χ3n) is 11.3. The van der Waals surface area contributed by atoms with Crippen molar-refractivity contribution in [2.75, 3.05) is 0 Å². The van der Waals surface area contributed by atoms with Crippen molar-refractivity contribution in [3.05, 3.63) is 218 Å². The Hall–Kier alpha value is -7.16. The Labute approximate surface area is 327 Å². The van der Waals surface area contributed by atoms with Gasteiger partial charge in [-0.2, -0.15) is 0 Å². The van der Waals surface area contributed by atoms with Gasteiger partial charge in [-0.05, 0) is 118 Å². The standard InChI is InChI=1S/C54H40N2/c1-3-13-39(23-22-37(2)38-14-5-4-6-15-38)41-24-29-45(30-25-41)55-51-20-11-9-18-47(51)49-35-43(27-32-53(49)55)44-28-33-54-50(36-44)48-19-10-12-21-52(48)56(54)46-31-26-40-16-7-8-17-42(40)34-46/h3-12,14-36H,1,13H2,2H3/b37-22+,39-23+. The van der Waals surface area contributed by atoms with Crippen molar-refractivity contribution in [1.29, 1.82) is 0 Å². The molecule has 0 saturated carbocycles. The molecule has 0 saturated heterocycles. The van der Waals surface area contributed by atoms with Crippen LogP contribution in [-0.2, 0) is 0 Å². The van der Waals surface area contributed by atoms with Gasteiger partial charge in [-0.3, -0.25) is 0 Å². The van der Waals surface area contributed by atoms with Gasteiger partial charge in [0.15, 0.2) is 0 Å². The maximum absolute atomic E-state index is 4.05. The number of hydrogen-bond acceptors (Lipinski definition) is 0. The number of aromatic nitrogens is 2. The molecule has 0 aliphatic heterocycles. The molecule has 0 aliphatic carbocycles. The molecule has 2 aromatic heterocycles. The predicted molar refractivity (Wildman–Crippen MR) is 241 cm³/mol. The Morgan fingerprint density at radius 1 is 0.446 bits per heavy atom. The topological polar surface area (TPSA) is 9.86 Å². The molecule has 0 N–H and O–H groups in total. The van der Waals surface area contributed by atoms with Crippen molar-refractivity contribution in [1.82, 2.24) is 9.13 Å². The average molecular weight is 717 g/mol. The lowest BCUT2D eigenvalue weighted by Gasteiger charge is -2.11. The van der Waals surface area contributed by atoms with Gasteiger partial charge in [-0.25, -0.2) is 0 Å². The van der Waals surface area contributed by atoms with E-state index in [4.69, 9.17) is 0 Å². The van der Waals surface area contributed by atoms with Crippen molar-refractivity contribution in [3.8, 4) is 22.5 Å². The van der Waals surface area contributed by atoms with E-state index in [0.717, 1.165) is 12.1 Å². The van der Waals surface area contributed by atoms with Crippen LogP contribution in [0.1, 0.15) is 24.5 Å². The summed E-state index contributed by atoms with van der Waals surface area (Å²) in [7, 11) is 0. The first-order chi connectivity index (χ1) is 27.6. The van der Waals surface area contributed by atoms with Gasteiger partial charge in [0.2, 0.25) is 0 Å². The van der Waals surface area contributed by atoms with E-state index in [9.17, 15) is 0 Å². The number of hydrogen-bond donors (Lipinski definition) is 0. The van der Waals surface area contributed by atoms with Gasteiger partial charge in [0, 0.05) is 32.9 Å². The molecule has 10 rings (SSSR count). The Morgan fingerprint density at radius 3 is 1.62 bits per heavy atom. The SMILES string of the molecule is C=CC/C(=C\C=C(/C)c1ccccc1)c1ccc(-n2c3ccccc3c3cc(-c4ccc5c(c4)c4ccccc4n5-c4ccc5ccccc5c4)ccc32)cc1. The second kappa shape index (κ2) is 13.9. The lowest BCUT2D eigenvalue weighted by atomic mass is 10.00. The molecule has 0 bridgehead atoms. The first kappa shape index (κ1) is 33.4. The summed E-state index contributed by atoms with van der Waals surface area (Å²) in [5.41, 5.74) is 14.5. The van der Waals surface area contributed by atoms with Crippen molar-refractivity contribution < 1.29 is 0 Å². The normalized spacial score (nSPS) is 12.4. The molecule has 10 aromatic rings. The average Bonchev–Trinajstić information content (AvgIpc) is 3.77. The fraction of sp³-hybridized carbons (Fsp3) is 0.0370. The van der Waals surface area contributed by atoms with E-state index < -0.39 is 0 Å². The number of para-hydroxylation sites is 2. The first-order valence-electron chi connectivity index (χ1n) is 19.4. The first-order valence-corrected chi connectivity index (χ1v) is 19.4. The van der Waals surface area contributed by atoms with Gasteiger partial charge < -0.3 is 9.13 Å². The zero-order valence-electron chi connectivity index (χ0n) is 31.4. The second-order valence-electron chi connectivity index (χ2n) is 14.6. The van der Waals surface area contributed by atoms with Crippen LogP contribution < -0.4 is 0 Å². The van der Waals surface area contributed by atoms with E-state index >= 15 is 0 Å². The van der Waals surface area contributed by atoms with Crippen LogP contribution in [-0.4, -0.2) is 9.13 Å². The molecule has 0 amide bonds. The highest BCUT2D eigenvalue weighted by Gasteiger charge is 2.16. The quantitative estimate of drug-likeness (QED) is 0.109. The Kier molecular flexibility index (Phi) is 8.30. The summed E-state index contributed by atoms with van der Waals surface area (Å²) < 4.78 is 4.80. The van der Waals surface area contributed by atoms with Gasteiger partial charge in [0.05, 0.1) is 22.1 Å². The zero-order valence-corrected chi connectivity index (χ0v) is 31.4. The van der Waals surface area contributed by atoms with E-state index in [1.165, 1.54) is 93.5 Å².